The number of nitrogens with zero attached hydrogens (tertiary/aromatic N) is 5. The van der Waals surface area contributed by atoms with Crippen LogP contribution >= 0.6 is 35.1 Å². The summed E-state index contributed by atoms with van der Waals surface area (Å²) in [6.45, 7) is 9.97. The molecular weight excluding hydrogens is 608 g/mol. The standard InChI is InChI=1S/C30H32N6O4S2.ClH/c1-19-18-24(38)36(30(19)39)33-28-25-20(2)26(42-29(25)32-27(31-28)23-4-3-17-41-23)21-5-7-22(8-6-21)40-16-14-35-11-9-34(10-12-35)13-15-37;/h3-8,17-18,37H,9-16H2,1-2H3,(H,31,32,33);1H. The van der Waals surface area contributed by atoms with Gasteiger partial charge in [-0.2, -0.15) is 5.01 Å². The second-order valence-corrected chi connectivity index (χ2v) is 12.3. The molecule has 0 saturated carbocycles. The summed E-state index contributed by atoms with van der Waals surface area (Å²) in [6.07, 6.45) is 1.32. The minimum absolute atomic E-state index is 0. The maximum Gasteiger partial charge on any atom is 0.275 e. The van der Waals surface area contributed by atoms with Crippen molar-refractivity contribution in [1.29, 1.82) is 0 Å². The second kappa shape index (κ2) is 13.5. The SMILES string of the molecule is CC1=CC(=O)N(Nc2nc(-c3cccs3)nc3sc(-c4ccc(OCCN5CCN(CCO)CC5)cc4)c(C)c23)C1=O.Cl. The third kappa shape index (κ3) is 6.59. The Morgan fingerprint density at radius 2 is 1.72 bits per heavy atom. The number of hydrogen-bond acceptors (Lipinski definition) is 11. The van der Waals surface area contributed by atoms with Crippen LogP contribution in [0.5, 0.6) is 5.75 Å². The lowest BCUT2D eigenvalue weighted by molar-refractivity contribution is -0.135. The average molecular weight is 641 g/mol. The van der Waals surface area contributed by atoms with Crippen LogP contribution < -0.4 is 10.2 Å². The van der Waals surface area contributed by atoms with Gasteiger partial charge in [-0.15, -0.1) is 35.1 Å². The number of piperazine rings is 1. The number of aliphatic hydroxyl groups excluding tert-OH is 1. The van der Waals surface area contributed by atoms with Crippen LogP contribution in [0.4, 0.5) is 5.82 Å². The number of ether oxygens (including phenoxy) is 1. The molecule has 0 atom stereocenters. The number of aliphatic hydroxyl groups is 1. The highest BCUT2D eigenvalue weighted by atomic mass is 35.5. The maximum atomic E-state index is 12.6. The molecule has 0 unspecified atom stereocenters. The highest BCUT2D eigenvalue weighted by molar-refractivity contribution is 7.22. The maximum absolute atomic E-state index is 12.6. The zero-order chi connectivity index (χ0) is 29.2. The predicted molar refractivity (Wildman–Crippen MR) is 173 cm³/mol. The zero-order valence-electron chi connectivity index (χ0n) is 23.9. The number of carbonyl (C=O) groups is 2. The molecule has 0 radical (unpaired) electrons. The lowest BCUT2D eigenvalue weighted by Crippen LogP contribution is -2.48. The van der Waals surface area contributed by atoms with E-state index in [-0.39, 0.29) is 19.0 Å². The van der Waals surface area contributed by atoms with E-state index in [9.17, 15) is 9.59 Å². The van der Waals surface area contributed by atoms with Gasteiger partial charge in [0.2, 0.25) is 0 Å². The molecule has 10 nitrogen and oxygen atoms in total. The Morgan fingerprint density at radius 3 is 2.35 bits per heavy atom. The summed E-state index contributed by atoms with van der Waals surface area (Å²) in [5.41, 5.74) is 5.36. The number of amides is 2. The molecule has 4 aromatic rings. The predicted octanol–water partition coefficient (Wildman–Crippen LogP) is 4.45. The van der Waals surface area contributed by atoms with Crippen LogP contribution in [0, 0.1) is 6.92 Å². The summed E-state index contributed by atoms with van der Waals surface area (Å²) in [6, 6.07) is 11.9. The Hall–Kier alpha value is -3.39. The van der Waals surface area contributed by atoms with Gasteiger partial charge >= 0.3 is 0 Å². The molecule has 2 aliphatic heterocycles. The minimum atomic E-state index is -0.422. The molecule has 13 heteroatoms. The number of aryl methyl sites for hydroxylation is 1. The number of anilines is 1. The number of carbonyl (C=O) groups excluding carboxylic acids is 2. The van der Waals surface area contributed by atoms with E-state index in [1.165, 1.54) is 17.4 Å². The molecule has 0 aliphatic carbocycles. The Bertz CT molecular complexity index is 1630. The topological polar surface area (TPSA) is 111 Å². The third-order valence-corrected chi connectivity index (χ3v) is 9.62. The van der Waals surface area contributed by atoms with Crippen molar-refractivity contribution in [2.24, 2.45) is 0 Å². The van der Waals surface area contributed by atoms with Crippen molar-refractivity contribution >= 4 is 62.9 Å². The van der Waals surface area contributed by atoms with E-state index in [1.807, 2.05) is 48.7 Å². The fraction of sp³-hybridized carbons (Fsp3) is 0.333. The lowest BCUT2D eigenvalue weighted by Gasteiger charge is -2.34. The average Bonchev–Trinajstić information content (AvgIpc) is 3.70. The second-order valence-electron chi connectivity index (χ2n) is 10.3. The van der Waals surface area contributed by atoms with Crippen LogP contribution in [0.2, 0.25) is 0 Å². The van der Waals surface area contributed by atoms with Crippen molar-refractivity contribution in [2.45, 2.75) is 13.8 Å². The Morgan fingerprint density at radius 1 is 1.00 bits per heavy atom. The van der Waals surface area contributed by atoms with Crippen LogP contribution in [-0.4, -0.2) is 94.2 Å². The Kier molecular flexibility index (Phi) is 9.75. The van der Waals surface area contributed by atoms with E-state index in [4.69, 9.17) is 19.8 Å². The van der Waals surface area contributed by atoms with Gasteiger partial charge in [-0.3, -0.25) is 24.8 Å². The molecule has 2 aliphatic rings. The minimum Gasteiger partial charge on any atom is -0.492 e. The van der Waals surface area contributed by atoms with Crippen LogP contribution in [0.3, 0.4) is 0 Å². The molecule has 1 saturated heterocycles. The Balaban J connectivity index is 0.00000368. The molecule has 226 valence electrons. The molecule has 6 rings (SSSR count). The van der Waals surface area contributed by atoms with Gasteiger partial charge in [0, 0.05) is 55.8 Å². The first-order valence-electron chi connectivity index (χ1n) is 13.9. The molecule has 2 amide bonds. The number of imide groups is 1. The van der Waals surface area contributed by atoms with Gasteiger partial charge in [-0.1, -0.05) is 6.07 Å². The number of β-amino-alcohol motifs (C(OH)–C–C–N with tert-alkyl or cyclic N) is 1. The van der Waals surface area contributed by atoms with Crippen molar-refractivity contribution in [3.8, 4) is 26.9 Å². The third-order valence-electron chi connectivity index (χ3n) is 7.52. The number of rotatable bonds is 10. The number of benzene rings is 1. The molecule has 2 N–H and O–H groups in total. The van der Waals surface area contributed by atoms with Gasteiger partial charge in [-0.05, 0) is 60.7 Å². The number of nitrogens with one attached hydrogen (secondary N) is 1. The molecule has 43 heavy (non-hydrogen) atoms. The van der Waals surface area contributed by atoms with Gasteiger partial charge in [-0.25, -0.2) is 9.97 Å². The number of halogens is 1. The fourth-order valence-electron chi connectivity index (χ4n) is 5.18. The van der Waals surface area contributed by atoms with E-state index in [0.717, 1.165) is 81.1 Å². The van der Waals surface area contributed by atoms with Gasteiger partial charge in [0.05, 0.1) is 16.9 Å². The van der Waals surface area contributed by atoms with E-state index in [2.05, 4.69) is 15.2 Å². The summed E-state index contributed by atoms with van der Waals surface area (Å²) in [5.74, 6) is 0.958. The number of fused-ring (bicyclic) bond motifs is 1. The smallest absolute Gasteiger partial charge is 0.275 e. The van der Waals surface area contributed by atoms with Crippen molar-refractivity contribution in [3.05, 3.63) is 59.0 Å². The summed E-state index contributed by atoms with van der Waals surface area (Å²) < 4.78 is 6.05. The van der Waals surface area contributed by atoms with E-state index in [1.54, 1.807) is 18.3 Å². The van der Waals surface area contributed by atoms with Crippen molar-refractivity contribution in [2.75, 3.05) is 57.9 Å². The summed E-state index contributed by atoms with van der Waals surface area (Å²) in [4.78, 5) is 42.1. The molecule has 5 heterocycles. The summed E-state index contributed by atoms with van der Waals surface area (Å²) in [7, 11) is 0. The highest BCUT2D eigenvalue weighted by Gasteiger charge is 2.30. The fourth-order valence-corrected chi connectivity index (χ4v) is 7.03. The first kappa shape index (κ1) is 31.0. The number of aromatic nitrogens is 2. The highest BCUT2D eigenvalue weighted by Crippen LogP contribution is 2.42. The van der Waals surface area contributed by atoms with Crippen LogP contribution in [0.25, 0.3) is 31.4 Å². The van der Waals surface area contributed by atoms with Gasteiger partial charge in [0.15, 0.2) is 11.6 Å². The molecule has 1 aromatic carbocycles. The number of hydrogen-bond donors (Lipinski definition) is 2. The van der Waals surface area contributed by atoms with Gasteiger partial charge < -0.3 is 9.84 Å². The van der Waals surface area contributed by atoms with Crippen LogP contribution in [-0.2, 0) is 9.59 Å². The van der Waals surface area contributed by atoms with Crippen molar-refractivity contribution in [1.82, 2.24) is 24.8 Å². The van der Waals surface area contributed by atoms with E-state index < -0.39 is 11.8 Å². The molecule has 1 fully saturated rings. The monoisotopic (exact) mass is 640 g/mol. The number of hydrazine groups is 1. The quantitative estimate of drug-likeness (QED) is 0.243. The van der Waals surface area contributed by atoms with Crippen molar-refractivity contribution in [3.63, 3.8) is 0 Å². The van der Waals surface area contributed by atoms with E-state index in [0.29, 0.717) is 23.8 Å². The number of thiophene rings is 2. The first-order chi connectivity index (χ1) is 20.4. The first-order valence-corrected chi connectivity index (χ1v) is 15.6. The summed E-state index contributed by atoms with van der Waals surface area (Å²) in [5, 5.41) is 12.9. The lowest BCUT2D eigenvalue weighted by atomic mass is 10.1. The zero-order valence-corrected chi connectivity index (χ0v) is 26.4. The normalized spacial score (nSPS) is 16.1. The van der Waals surface area contributed by atoms with Crippen LogP contribution in [0.1, 0.15) is 12.5 Å². The van der Waals surface area contributed by atoms with Crippen molar-refractivity contribution < 1.29 is 19.4 Å². The van der Waals surface area contributed by atoms with Crippen LogP contribution in [0.15, 0.2) is 53.4 Å². The largest absolute Gasteiger partial charge is 0.492 e. The molecular formula is C30H33ClN6O4S2. The summed E-state index contributed by atoms with van der Waals surface area (Å²) >= 11 is 3.08. The molecule has 0 bridgehead atoms. The van der Waals surface area contributed by atoms with E-state index >= 15 is 0 Å². The van der Waals surface area contributed by atoms with Gasteiger partial charge in [0.25, 0.3) is 11.8 Å². The Labute approximate surface area is 264 Å². The molecule has 0 spiro atoms. The van der Waals surface area contributed by atoms with Gasteiger partial charge in [0.1, 0.15) is 17.2 Å². The molecule has 3 aromatic heterocycles.